The number of rotatable bonds is 5. The zero-order valence-corrected chi connectivity index (χ0v) is 11.9. The molecule has 0 radical (unpaired) electrons. The molecule has 0 aliphatic heterocycles. The van der Waals surface area contributed by atoms with E-state index in [1.165, 1.54) is 25.2 Å². The van der Waals surface area contributed by atoms with Gasteiger partial charge in [0, 0.05) is 20.2 Å². The number of nitrogen functional groups attached to an aromatic ring is 1. The summed E-state index contributed by atoms with van der Waals surface area (Å²) in [4.78, 5) is 24.6. The van der Waals surface area contributed by atoms with Gasteiger partial charge in [-0.2, -0.15) is 0 Å². The van der Waals surface area contributed by atoms with Crippen molar-refractivity contribution < 1.29 is 23.8 Å². The molecule has 0 aliphatic rings. The predicted octanol–water partition coefficient (Wildman–Crippen LogP) is 0.531. The standard InChI is InChI=1S/C13H18N2O5/c1-15(2)11(16)7-20-13(17)9-5-8(18-3)6-10(19-4)12(9)14/h5-6H,7,14H2,1-4H3. The Labute approximate surface area is 117 Å². The van der Waals surface area contributed by atoms with Crippen LogP contribution in [0.2, 0.25) is 0 Å². The number of carbonyl (C=O) groups excluding carboxylic acids is 2. The van der Waals surface area contributed by atoms with E-state index < -0.39 is 5.97 Å². The zero-order valence-electron chi connectivity index (χ0n) is 11.9. The monoisotopic (exact) mass is 282 g/mol. The van der Waals surface area contributed by atoms with Crippen LogP contribution in [-0.4, -0.2) is 51.7 Å². The summed E-state index contributed by atoms with van der Waals surface area (Å²) in [5.41, 5.74) is 6.03. The van der Waals surface area contributed by atoms with Crippen LogP contribution in [0.1, 0.15) is 10.4 Å². The van der Waals surface area contributed by atoms with E-state index in [1.54, 1.807) is 20.2 Å². The van der Waals surface area contributed by atoms with Crippen LogP contribution >= 0.6 is 0 Å². The SMILES string of the molecule is COc1cc(OC)c(N)c(C(=O)OCC(=O)N(C)C)c1. The molecule has 0 fully saturated rings. The lowest BCUT2D eigenvalue weighted by molar-refractivity contribution is -0.131. The second-order valence-electron chi connectivity index (χ2n) is 4.16. The molecule has 0 saturated carbocycles. The molecule has 110 valence electrons. The van der Waals surface area contributed by atoms with E-state index in [2.05, 4.69) is 0 Å². The Hall–Kier alpha value is -2.44. The third-order valence-electron chi connectivity index (χ3n) is 2.62. The van der Waals surface area contributed by atoms with Crippen molar-refractivity contribution in [2.75, 3.05) is 40.7 Å². The molecule has 1 amide bonds. The molecule has 7 nitrogen and oxygen atoms in total. The molecule has 0 atom stereocenters. The van der Waals surface area contributed by atoms with Gasteiger partial charge >= 0.3 is 5.97 Å². The molecule has 0 aromatic heterocycles. The van der Waals surface area contributed by atoms with Crippen molar-refractivity contribution in [2.45, 2.75) is 0 Å². The first-order chi connectivity index (χ1) is 9.40. The summed E-state index contributed by atoms with van der Waals surface area (Å²) in [7, 11) is 6.02. The number of carbonyl (C=O) groups is 2. The van der Waals surface area contributed by atoms with Crippen molar-refractivity contribution >= 4 is 17.6 Å². The van der Waals surface area contributed by atoms with Gasteiger partial charge in [-0.05, 0) is 6.07 Å². The Morgan fingerprint density at radius 3 is 2.35 bits per heavy atom. The number of benzene rings is 1. The van der Waals surface area contributed by atoms with Gasteiger partial charge in [-0.3, -0.25) is 4.79 Å². The summed E-state index contributed by atoms with van der Waals surface area (Å²) in [6.45, 7) is -0.356. The number of nitrogens with two attached hydrogens (primary N) is 1. The maximum absolute atomic E-state index is 11.9. The fourth-order valence-corrected chi connectivity index (χ4v) is 1.39. The molecule has 0 unspecified atom stereocenters. The third kappa shape index (κ3) is 3.53. The maximum atomic E-state index is 11.9. The largest absolute Gasteiger partial charge is 0.497 e. The molecule has 7 heteroatoms. The number of ether oxygens (including phenoxy) is 3. The molecular weight excluding hydrogens is 264 g/mol. The van der Waals surface area contributed by atoms with Crippen molar-refractivity contribution in [3.05, 3.63) is 17.7 Å². The Balaban J connectivity index is 2.94. The van der Waals surface area contributed by atoms with E-state index in [9.17, 15) is 9.59 Å². The summed E-state index contributed by atoms with van der Waals surface area (Å²) < 4.78 is 15.0. The van der Waals surface area contributed by atoms with Gasteiger partial charge in [-0.15, -0.1) is 0 Å². The number of esters is 1. The van der Waals surface area contributed by atoms with Gasteiger partial charge in [0.25, 0.3) is 5.91 Å². The fourth-order valence-electron chi connectivity index (χ4n) is 1.39. The number of anilines is 1. The van der Waals surface area contributed by atoms with E-state index in [1.807, 2.05) is 0 Å². The average Bonchev–Trinajstić information content (AvgIpc) is 2.44. The third-order valence-corrected chi connectivity index (χ3v) is 2.62. The second kappa shape index (κ2) is 6.65. The van der Waals surface area contributed by atoms with Crippen molar-refractivity contribution in [1.29, 1.82) is 0 Å². The van der Waals surface area contributed by atoms with Gasteiger partial charge in [-0.1, -0.05) is 0 Å². The highest BCUT2D eigenvalue weighted by molar-refractivity contribution is 5.98. The number of amides is 1. The van der Waals surface area contributed by atoms with Crippen LogP contribution in [0.4, 0.5) is 5.69 Å². The Bertz CT molecular complexity index is 514. The average molecular weight is 282 g/mol. The Kier molecular flexibility index (Phi) is 5.19. The maximum Gasteiger partial charge on any atom is 0.341 e. The number of hydrogen-bond acceptors (Lipinski definition) is 6. The highest BCUT2D eigenvalue weighted by Gasteiger charge is 2.18. The highest BCUT2D eigenvalue weighted by Crippen LogP contribution is 2.31. The molecule has 0 spiro atoms. The highest BCUT2D eigenvalue weighted by atomic mass is 16.5. The lowest BCUT2D eigenvalue weighted by Crippen LogP contribution is -2.27. The van der Waals surface area contributed by atoms with E-state index >= 15 is 0 Å². The molecule has 2 N–H and O–H groups in total. The molecule has 20 heavy (non-hydrogen) atoms. The predicted molar refractivity (Wildman–Crippen MR) is 72.9 cm³/mol. The normalized spacial score (nSPS) is 9.80. The quantitative estimate of drug-likeness (QED) is 0.626. The van der Waals surface area contributed by atoms with Crippen molar-refractivity contribution in [2.24, 2.45) is 0 Å². The smallest absolute Gasteiger partial charge is 0.341 e. The number of hydrogen-bond donors (Lipinski definition) is 1. The Morgan fingerprint density at radius 2 is 1.85 bits per heavy atom. The van der Waals surface area contributed by atoms with Crippen LogP contribution in [0.25, 0.3) is 0 Å². The molecule has 0 heterocycles. The lowest BCUT2D eigenvalue weighted by Gasteiger charge is -2.13. The molecule has 0 bridgehead atoms. The Morgan fingerprint density at radius 1 is 1.20 bits per heavy atom. The molecule has 1 aromatic carbocycles. The summed E-state index contributed by atoms with van der Waals surface area (Å²) in [5.74, 6) is -0.334. The lowest BCUT2D eigenvalue weighted by atomic mass is 10.1. The summed E-state index contributed by atoms with van der Waals surface area (Å²) in [6, 6.07) is 2.98. The minimum Gasteiger partial charge on any atom is -0.497 e. The summed E-state index contributed by atoms with van der Waals surface area (Å²) >= 11 is 0. The minimum absolute atomic E-state index is 0.0905. The topological polar surface area (TPSA) is 91.1 Å². The first-order valence-corrected chi connectivity index (χ1v) is 5.79. The summed E-state index contributed by atoms with van der Waals surface area (Å²) in [5, 5.41) is 0. The zero-order chi connectivity index (χ0) is 15.3. The summed E-state index contributed by atoms with van der Waals surface area (Å²) in [6.07, 6.45) is 0. The van der Waals surface area contributed by atoms with Crippen molar-refractivity contribution in [3.63, 3.8) is 0 Å². The van der Waals surface area contributed by atoms with Gasteiger partial charge in [0.05, 0.1) is 25.5 Å². The van der Waals surface area contributed by atoms with E-state index in [4.69, 9.17) is 19.9 Å². The van der Waals surface area contributed by atoms with Gasteiger partial charge in [0.15, 0.2) is 6.61 Å². The van der Waals surface area contributed by atoms with Gasteiger partial charge in [0.1, 0.15) is 11.5 Å². The molecule has 0 saturated heterocycles. The van der Waals surface area contributed by atoms with Crippen LogP contribution in [0, 0.1) is 0 Å². The van der Waals surface area contributed by atoms with Gasteiger partial charge in [0.2, 0.25) is 0 Å². The van der Waals surface area contributed by atoms with Crippen molar-refractivity contribution in [3.8, 4) is 11.5 Å². The van der Waals surface area contributed by atoms with E-state index in [0.717, 1.165) is 0 Å². The number of nitrogens with zero attached hydrogens (tertiary/aromatic N) is 1. The minimum atomic E-state index is -0.713. The van der Waals surface area contributed by atoms with Crippen LogP contribution in [0.3, 0.4) is 0 Å². The van der Waals surface area contributed by atoms with Crippen LogP contribution in [0.5, 0.6) is 11.5 Å². The second-order valence-corrected chi connectivity index (χ2v) is 4.16. The molecular formula is C13H18N2O5. The van der Waals surface area contributed by atoms with E-state index in [0.29, 0.717) is 11.5 Å². The van der Waals surface area contributed by atoms with Gasteiger partial charge < -0.3 is 24.8 Å². The van der Waals surface area contributed by atoms with Gasteiger partial charge in [-0.25, -0.2) is 4.79 Å². The number of methoxy groups -OCH3 is 2. The van der Waals surface area contributed by atoms with Crippen LogP contribution in [-0.2, 0) is 9.53 Å². The first kappa shape index (κ1) is 15.6. The fraction of sp³-hybridized carbons (Fsp3) is 0.385. The molecule has 0 aliphatic carbocycles. The van der Waals surface area contributed by atoms with E-state index in [-0.39, 0.29) is 23.8 Å². The van der Waals surface area contributed by atoms with Crippen LogP contribution < -0.4 is 15.2 Å². The molecule has 1 aromatic rings. The van der Waals surface area contributed by atoms with Crippen LogP contribution in [0.15, 0.2) is 12.1 Å². The first-order valence-electron chi connectivity index (χ1n) is 5.79. The number of likely N-dealkylation sites (N-methyl/N-ethyl adjacent to an activating group) is 1. The van der Waals surface area contributed by atoms with Crippen molar-refractivity contribution in [1.82, 2.24) is 4.90 Å². The molecule has 1 rings (SSSR count).